The fourth-order valence-corrected chi connectivity index (χ4v) is 4.20. The van der Waals surface area contributed by atoms with E-state index in [-0.39, 0.29) is 0 Å². The lowest BCUT2D eigenvalue weighted by Gasteiger charge is -2.26. The molecule has 0 bridgehead atoms. The molecule has 0 radical (unpaired) electrons. The molecular formula is C16H30OS. The fraction of sp³-hybridized carbons (Fsp3) is 0.938. The first-order chi connectivity index (χ1) is 8.47. The van der Waals surface area contributed by atoms with Crippen LogP contribution in [0.15, 0.2) is 0 Å². The van der Waals surface area contributed by atoms with Crippen LogP contribution in [0.2, 0.25) is 0 Å². The molecule has 106 valence electrons. The van der Waals surface area contributed by atoms with Gasteiger partial charge in [0.2, 0.25) is 0 Å². The van der Waals surface area contributed by atoms with E-state index in [1.807, 2.05) is 0 Å². The van der Waals surface area contributed by atoms with Gasteiger partial charge in [0.1, 0.15) is 5.78 Å². The molecule has 0 aromatic rings. The molecule has 0 heterocycles. The standard InChI is InChI=1S/C16H30OS/c1-16(2,3)18-15-12-8-4-6-10-14(17)11-7-5-9-13-15/h15H,4-13H2,1-3H3. The van der Waals surface area contributed by atoms with E-state index in [1.165, 1.54) is 38.5 Å². The van der Waals surface area contributed by atoms with Gasteiger partial charge in [-0.2, -0.15) is 11.8 Å². The smallest absolute Gasteiger partial charge is 0.132 e. The first kappa shape index (κ1) is 16.1. The highest BCUT2D eigenvalue weighted by atomic mass is 32.2. The summed E-state index contributed by atoms with van der Waals surface area (Å²) < 4.78 is 0.387. The van der Waals surface area contributed by atoms with Crippen molar-refractivity contribution in [2.45, 2.75) is 95.0 Å². The monoisotopic (exact) mass is 270 g/mol. The Morgan fingerprint density at radius 3 is 1.83 bits per heavy atom. The molecule has 0 spiro atoms. The third-order valence-electron chi connectivity index (χ3n) is 3.48. The molecule has 1 nitrogen and oxygen atoms in total. The summed E-state index contributed by atoms with van der Waals surface area (Å²) in [7, 11) is 0. The van der Waals surface area contributed by atoms with Crippen molar-refractivity contribution in [2.24, 2.45) is 0 Å². The van der Waals surface area contributed by atoms with Crippen LogP contribution in [0.5, 0.6) is 0 Å². The minimum absolute atomic E-state index is 0.387. The average Bonchev–Trinajstić information content (AvgIpc) is 2.23. The van der Waals surface area contributed by atoms with Gasteiger partial charge < -0.3 is 0 Å². The summed E-state index contributed by atoms with van der Waals surface area (Å²) >= 11 is 2.16. The van der Waals surface area contributed by atoms with E-state index in [0.29, 0.717) is 10.5 Å². The summed E-state index contributed by atoms with van der Waals surface area (Å²) in [6.07, 6.45) is 11.7. The van der Waals surface area contributed by atoms with Crippen LogP contribution in [0.4, 0.5) is 0 Å². The van der Waals surface area contributed by atoms with E-state index < -0.39 is 0 Å². The van der Waals surface area contributed by atoms with E-state index in [0.717, 1.165) is 30.9 Å². The summed E-state index contributed by atoms with van der Waals surface area (Å²) in [5.74, 6) is 0.496. The van der Waals surface area contributed by atoms with Gasteiger partial charge in [-0.1, -0.05) is 46.5 Å². The highest BCUT2D eigenvalue weighted by molar-refractivity contribution is 8.01. The number of thioether (sulfide) groups is 1. The van der Waals surface area contributed by atoms with Crippen molar-refractivity contribution < 1.29 is 4.79 Å². The third kappa shape index (κ3) is 8.18. The number of hydrogen-bond donors (Lipinski definition) is 0. The first-order valence-corrected chi connectivity index (χ1v) is 8.55. The van der Waals surface area contributed by atoms with Crippen LogP contribution in [0, 0.1) is 0 Å². The van der Waals surface area contributed by atoms with Crippen LogP contribution in [0.3, 0.4) is 0 Å². The molecule has 0 aromatic carbocycles. The molecule has 0 amide bonds. The number of carbonyl (C=O) groups excluding carboxylic acids is 1. The summed E-state index contributed by atoms with van der Waals surface area (Å²) in [5.41, 5.74) is 0. The van der Waals surface area contributed by atoms with Crippen molar-refractivity contribution in [3.05, 3.63) is 0 Å². The Labute approximate surface area is 117 Å². The van der Waals surface area contributed by atoms with Gasteiger partial charge in [-0.15, -0.1) is 0 Å². The van der Waals surface area contributed by atoms with Crippen LogP contribution in [-0.4, -0.2) is 15.8 Å². The Kier molecular flexibility index (Phi) is 7.36. The lowest BCUT2D eigenvalue weighted by molar-refractivity contribution is -0.119. The molecule has 0 unspecified atom stereocenters. The zero-order valence-electron chi connectivity index (χ0n) is 12.5. The second-order valence-corrected chi connectivity index (χ2v) is 8.72. The van der Waals surface area contributed by atoms with Crippen LogP contribution in [0.25, 0.3) is 0 Å². The lowest BCUT2D eigenvalue weighted by Crippen LogP contribution is -2.16. The Morgan fingerprint density at radius 2 is 1.39 bits per heavy atom. The zero-order chi connectivity index (χ0) is 13.4. The summed E-state index contributed by atoms with van der Waals surface area (Å²) in [4.78, 5) is 11.5. The number of ketones is 1. The molecule has 2 heteroatoms. The maximum absolute atomic E-state index is 11.5. The Balaban J connectivity index is 2.38. The minimum Gasteiger partial charge on any atom is -0.300 e. The van der Waals surface area contributed by atoms with Crippen LogP contribution in [-0.2, 0) is 4.79 Å². The Morgan fingerprint density at radius 1 is 0.889 bits per heavy atom. The van der Waals surface area contributed by atoms with Gasteiger partial charge in [0.25, 0.3) is 0 Å². The Hall–Kier alpha value is 0.0200. The van der Waals surface area contributed by atoms with E-state index in [1.54, 1.807) is 0 Å². The molecule has 18 heavy (non-hydrogen) atoms. The fourth-order valence-electron chi connectivity index (χ4n) is 2.63. The average molecular weight is 270 g/mol. The number of Topliss-reactive ketones (excluding diaryl/α,β-unsaturated/α-hetero) is 1. The summed E-state index contributed by atoms with van der Waals surface area (Å²) in [6.45, 7) is 6.98. The van der Waals surface area contributed by atoms with Crippen LogP contribution >= 0.6 is 11.8 Å². The zero-order valence-corrected chi connectivity index (χ0v) is 13.3. The van der Waals surface area contributed by atoms with Crippen molar-refractivity contribution in [3.63, 3.8) is 0 Å². The molecular weight excluding hydrogens is 240 g/mol. The quantitative estimate of drug-likeness (QED) is 0.637. The molecule has 0 atom stereocenters. The van der Waals surface area contributed by atoms with Gasteiger partial charge in [0.05, 0.1) is 0 Å². The van der Waals surface area contributed by atoms with Gasteiger partial charge >= 0.3 is 0 Å². The normalized spacial score (nSPS) is 22.3. The van der Waals surface area contributed by atoms with Gasteiger partial charge in [0, 0.05) is 22.8 Å². The maximum Gasteiger partial charge on any atom is 0.132 e. The minimum atomic E-state index is 0.387. The summed E-state index contributed by atoms with van der Waals surface area (Å²) in [5, 5.41) is 0.833. The lowest BCUT2D eigenvalue weighted by atomic mass is 10.0. The molecule has 0 N–H and O–H groups in total. The van der Waals surface area contributed by atoms with Crippen LogP contribution in [0.1, 0.15) is 85.0 Å². The molecule has 1 aliphatic carbocycles. The van der Waals surface area contributed by atoms with Crippen molar-refractivity contribution in [1.29, 1.82) is 0 Å². The second kappa shape index (κ2) is 8.24. The highest BCUT2D eigenvalue weighted by Crippen LogP contribution is 2.34. The maximum atomic E-state index is 11.5. The summed E-state index contributed by atoms with van der Waals surface area (Å²) in [6, 6.07) is 0. The van der Waals surface area contributed by atoms with Crippen molar-refractivity contribution >= 4 is 17.5 Å². The van der Waals surface area contributed by atoms with Gasteiger partial charge in [0.15, 0.2) is 0 Å². The van der Waals surface area contributed by atoms with Crippen LogP contribution < -0.4 is 0 Å². The molecule has 1 saturated carbocycles. The van der Waals surface area contributed by atoms with Gasteiger partial charge in [-0.05, 0) is 25.7 Å². The Bertz CT molecular complexity index is 226. The third-order valence-corrected chi connectivity index (χ3v) is 5.00. The van der Waals surface area contributed by atoms with E-state index in [2.05, 4.69) is 32.5 Å². The molecule has 1 rings (SSSR count). The van der Waals surface area contributed by atoms with Gasteiger partial charge in [-0.25, -0.2) is 0 Å². The van der Waals surface area contributed by atoms with Crippen molar-refractivity contribution in [3.8, 4) is 0 Å². The second-order valence-electron chi connectivity index (χ2n) is 6.59. The molecule has 0 aliphatic heterocycles. The molecule has 1 fully saturated rings. The topological polar surface area (TPSA) is 17.1 Å². The van der Waals surface area contributed by atoms with Crippen molar-refractivity contribution in [2.75, 3.05) is 0 Å². The van der Waals surface area contributed by atoms with E-state index >= 15 is 0 Å². The van der Waals surface area contributed by atoms with E-state index in [9.17, 15) is 4.79 Å². The molecule has 0 saturated heterocycles. The predicted molar refractivity (Wildman–Crippen MR) is 82.3 cm³/mol. The SMILES string of the molecule is CC(C)(C)SC1CCCCCC(=O)CCCCC1. The predicted octanol–water partition coefficient (Wildman–Crippen LogP) is 5.37. The molecule has 0 aromatic heterocycles. The van der Waals surface area contributed by atoms with E-state index in [4.69, 9.17) is 0 Å². The van der Waals surface area contributed by atoms with Crippen molar-refractivity contribution in [1.82, 2.24) is 0 Å². The highest BCUT2D eigenvalue weighted by Gasteiger charge is 2.19. The number of carbonyl (C=O) groups is 1. The largest absolute Gasteiger partial charge is 0.300 e. The number of hydrogen-bond acceptors (Lipinski definition) is 2. The number of rotatable bonds is 1. The van der Waals surface area contributed by atoms with Gasteiger partial charge in [-0.3, -0.25) is 4.79 Å². The first-order valence-electron chi connectivity index (χ1n) is 7.67. The molecule has 1 aliphatic rings.